The van der Waals surface area contributed by atoms with Crippen molar-refractivity contribution in [1.82, 2.24) is 15.2 Å². The summed E-state index contributed by atoms with van der Waals surface area (Å²) >= 11 is 0. The van der Waals surface area contributed by atoms with E-state index in [4.69, 9.17) is 4.74 Å². The minimum Gasteiger partial charge on any atom is -0.381 e. The molecule has 1 amide bonds. The summed E-state index contributed by atoms with van der Waals surface area (Å²) in [7, 11) is 0. The Bertz CT molecular complexity index is 902. The van der Waals surface area contributed by atoms with Crippen LogP contribution < -0.4 is 5.32 Å². The van der Waals surface area contributed by atoms with E-state index < -0.39 is 11.7 Å². The summed E-state index contributed by atoms with van der Waals surface area (Å²) in [6.45, 7) is 1.42. The van der Waals surface area contributed by atoms with Crippen LogP contribution in [0.4, 0.5) is 10.2 Å². The van der Waals surface area contributed by atoms with Crippen molar-refractivity contribution in [2.24, 2.45) is 0 Å². The van der Waals surface area contributed by atoms with E-state index in [2.05, 4.69) is 20.5 Å². The van der Waals surface area contributed by atoms with Gasteiger partial charge in [-0.25, -0.2) is 9.37 Å². The molecule has 3 aromatic rings. The Morgan fingerprint density at radius 3 is 3.12 bits per heavy atom. The predicted octanol–water partition coefficient (Wildman–Crippen LogP) is 2.85. The Balaban J connectivity index is 1.61. The fraction of sp³-hybridized carbons (Fsp3) is 0.235. The molecule has 0 spiro atoms. The number of halogens is 1. The van der Waals surface area contributed by atoms with Gasteiger partial charge in [0, 0.05) is 24.1 Å². The fourth-order valence-electron chi connectivity index (χ4n) is 2.95. The van der Waals surface area contributed by atoms with Crippen LogP contribution in [0.1, 0.15) is 28.3 Å². The number of nitrogens with one attached hydrogen (secondary N) is 2. The zero-order chi connectivity index (χ0) is 16.5. The Morgan fingerprint density at radius 2 is 2.29 bits per heavy atom. The number of benzene rings is 1. The van der Waals surface area contributed by atoms with Gasteiger partial charge in [-0.3, -0.25) is 9.89 Å². The lowest BCUT2D eigenvalue weighted by Gasteiger charge is -2.10. The third-order valence-electron chi connectivity index (χ3n) is 4.19. The van der Waals surface area contributed by atoms with Gasteiger partial charge in [0.15, 0.2) is 0 Å². The summed E-state index contributed by atoms with van der Waals surface area (Å²) in [5.74, 6) is -0.168. The molecule has 6 nitrogen and oxygen atoms in total. The minimum atomic E-state index is -0.498. The molecule has 3 heterocycles. The lowest BCUT2D eigenvalue weighted by molar-refractivity contribution is 0.102. The number of fused-ring (bicyclic) bond motifs is 1. The summed E-state index contributed by atoms with van der Waals surface area (Å²) in [6, 6.07) is 6.26. The molecule has 0 saturated carbocycles. The molecule has 4 rings (SSSR count). The quantitative estimate of drug-likeness (QED) is 0.775. The van der Waals surface area contributed by atoms with Gasteiger partial charge in [-0.2, -0.15) is 5.10 Å². The minimum absolute atomic E-state index is 0.218. The third kappa shape index (κ3) is 2.74. The number of ether oxygens (including phenoxy) is 1. The van der Waals surface area contributed by atoms with Gasteiger partial charge in [-0.15, -0.1) is 0 Å². The average Bonchev–Trinajstić information content (AvgIpc) is 3.25. The van der Waals surface area contributed by atoms with E-state index in [0.717, 1.165) is 18.6 Å². The number of hydrogen-bond donors (Lipinski definition) is 2. The number of nitrogens with zero attached hydrogens (tertiary/aromatic N) is 2. The lowest BCUT2D eigenvalue weighted by atomic mass is 10.00. The van der Waals surface area contributed by atoms with Gasteiger partial charge >= 0.3 is 0 Å². The topological polar surface area (TPSA) is 79.9 Å². The van der Waals surface area contributed by atoms with E-state index in [1.165, 1.54) is 18.3 Å². The van der Waals surface area contributed by atoms with Gasteiger partial charge in [0.25, 0.3) is 5.91 Å². The molecule has 1 atom stereocenters. The van der Waals surface area contributed by atoms with E-state index in [1.54, 1.807) is 6.20 Å². The van der Waals surface area contributed by atoms with Crippen LogP contribution in [0, 0.1) is 5.82 Å². The summed E-state index contributed by atoms with van der Waals surface area (Å²) in [5, 5.41) is 9.82. The predicted molar refractivity (Wildman–Crippen MR) is 86.4 cm³/mol. The molecule has 122 valence electrons. The average molecular weight is 326 g/mol. The van der Waals surface area contributed by atoms with Gasteiger partial charge in [0.05, 0.1) is 23.9 Å². The van der Waals surface area contributed by atoms with E-state index in [-0.39, 0.29) is 5.56 Å². The molecule has 2 N–H and O–H groups in total. The molecule has 0 radical (unpaired) electrons. The van der Waals surface area contributed by atoms with Crippen molar-refractivity contribution in [2.75, 3.05) is 18.5 Å². The van der Waals surface area contributed by atoms with Crippen LogP contribution in [0.25, 0.3) is 10.9 Å². The number of anilines is 1. The molecular formula is C17H15FN4O2. The van der Waals surface area contributed by atoms with Crippen LogP contribution in [0.5, 0.6) is 0 Å². The highest BCUT2D eigenvalue weighted by Gasteiger charge is 2.19. The Morgan fingerprint density at radius 1 is 1.38 bits per heavy atom. The smallest absolute Gasteiger partial charge is 0.257 e. The van der Waals surface area contributed by atoms with E-state index >= 15 is 0 Å². The number of amides is 1. The largest absolute Gasteiger partial charge is 0.381 e. The first-order chi connectivity index (χ1) is 11.7. The summed E-state index contributed by atoms with van der Waals surface area (Å²) < 4.78 is 19.1. The molecule has 1 fully saturated rings. The van der Waals surface area contributed by atoms with Gasteiger partial charge in [0.1, 0.15) is 11.6 Å². The van der Waals surface area contributed by atoms with Crippen molar-refractivity contribution < 1.29 is 13.9 Å². The third-order valence-corrected chi connectivity index (χ3v) is 4.19. The van der Waals surface area contributed by atoms with Crippen LogP contribution in [0.15, 0.2) is 36.7 Å². The monoisotopic (exact) mass is 326 g/mol. The molecule has 0 aliphatic carbocycles. The van der Waals surface area contributed by atoms with Crippen LogP contribution >= 0.6 is 0 Å². The second-order valence-corrected chi connectivity index (χ2v) is 5.77. The summed E-state index contributed by atoms with van der Waals surface area (Å²) in [4.78, 5) is 16.7. The number of carbonyl (C=O) groups is 1. The fourth-order valence-corrected chi connectivity index (χ4v) is 2.95. The normalized spacial score (nSPS) is 17.3. The maximum Gasteiger partial charge on any atom is 0.257 e. The number of hydrogen-bond acceptors (Lipinski definition) is 4. The van der Waals surface area contributed by atoms with Crippen molar-refractivity contribution in [3.05, 3.63) is 53.6 Å². The van der Waals surface area contributed by atoms with Gasteiger partial charge in [0.2, 0.25) is 0 Å². The number of rotatable bonds is 3. The van der Waals surface area contributed by atoms with Crippen LogP contribution in [-0.2, 0) is 4.74 Å². The highest BCUT2D eigenvalue weighted by Crippen LogP contribution is 2.26. The molecular weight excluding hydrogens is 311 g/mol. The van der Waals surface area contributed by atoms with Crippen molar-refractivity contribution >= 4 is 22.6 Å². The molecule has 0 bridgehead atoms. The molecule has 1 saturated heterocycles. The first kappa shape index (κ1) is 14.8. The standard InChI is InChI=1S/C17H15FN4O2/c18-12-6-13(14-8-20-22-15(14)7-12)17(23)21-16-5-10(1-3-19-16)11-2-4-24-9-11/h1,3,5-8,11H,2,4,9H2,(H,20,22)(H,19,21,23)/t11-/m0/s1. The first-order valence-electron chi connectivity index (χ1n) is 7.68. The zero-order valence-electron chi connectivity index (χ0n) is 12.8. The highest BCUT2D eigenvalue weighted by molar-refractivity contribution is 6.12. The second kappa shape index (κ2) is 6.01. The molecule has 24 heavy (non-hydrogen) atoms. The van der Waals surface area contributed by atoms with Gasteiger partial charge < -0.3 is 10.1 Å². The van der Waals surface area contributed by atoms with Crippen LogP contribution in [0.3, 0.4) is 0 Å². The van der Waals surface area contributed by atoms with Crippen LogP contribution in [0.2, 0.25) is 0 Å². The summed E-state index contributed by atoms with van der Waals surface area (Å²) in [5.41, 5.74) is 1.77. The van der Waals surface area contributed by atoms with Crippen LogP contribution in [-0.4, -0.2) is 34.3 Å². The molecule has 7 heteroatoms. The summed E-state index contributed by atoms with van der Waals surface area (Å²) in [6.07, 6.45) is 4.11. The molecule has 1 aromatic carbocycles. The number of carbonyl (C=O) groups excluding carboxylic acids is 1. The maximum atomic E-state index is 13.7. The molecule has 1 aliphatic heterocycles. The number of aromatic nitrogens is 3. The van der Waals surface area contributed by atoms with Gasteiger partial charge in [-0.1, -0.05) is 0 Å². The number of aromatic amines is 1. The van der Waals surface area contributed by atoms with Gasteiger partial charge in [-0.05, 0) is 36.2 Å². The Kier molecular flexibility index (Phi) is 3.70. The SMILES string of the molecule is O=C(Nc1cc([C@H]2CCOC2)ccn1)c1cc(F)cc2[nH]ncc12. The van der Waals surface area contributed by atoms with Crippen molar-refractivity contribution in [3.63, 3.8) is 0 Å². The van der Waals surface area contributed by atoms with E-state index in [0.29, 0.717) is 29.2 Å². The van der Waals surface area contributed by atoms with E-state index in [9.17, 15) is 9.18 Å². The lowest BCUT2D eigenvalue weighted by Crippen LogP contribution is -2.14. The molecule has 2 aromatic heterocycles. The Labute approximate surface area is 137 Å². The number of pyridine rings is 1. The van der Waals surface area contributed by atoms with Crippen molar-refractivity contribution in [2.45, 2.75) is 12.3 Å². The maximum absolute atomic E-state index is 13.7. The highest BCUT2D eigenvalue weighted by atomic mass is 19.1. The van der Waals surface area contributed by atoms with Crippen molar-refractivity contribution in [3.8, 4) is 0 Å². The molecule has 0 unspecified atom stereocenters. The molecule has 1 aliphatic rings. The Hall–Kier alpha value is -2.80. The van der Waals surface area contributed by atoms with E-state index in [1.807, 2.05) is 12.1 Å². The second-order valence-electron chi connectivity index (χ2n) is 5.77. The first-order valence-corrected chi connectivity index (χ1v) is 7.68. The zero-order valence-corrected chi connectivity index (χ0v) is 12.8. The number of H-pyrrole nitrogens is 1. The van der Waals surface area contributed by atoms with Crippen molar-refractivity contribution in [1.29, 1.82) is 0 Å².